The Kier molecular flexibility index (Phi) is 9.15. The van der Waals surface area contributed by atoms with Crippen LogP contribution in [0.1, 0.15) is 30.3 Å². The largest absolute Gasteiger partial charge is 0.399 e. The van der Waals surface area contributed by atoms with E-state index in [1.54, 1.807) is 4.57 Å². The number of nitrogens with one attached hydrogen (secondary N) is 1. The first-order valence-electron chi connectivity index (χ1n) is 13.4. The molecular formula is C29H39N7O2. The number of para-hydroxylation sites is 1. The van der Waals surface area contributed by atoms with Crippen molar-refractivity contribution in [1.82, 2.24) is 28.9 Å². The second-order valence-electron chi connectivity index (χ2n) is 9.86. The number of rotatable bonds is 13. The maximum atomic E-state index is 13.9. The van der Waals surface area contributed by atoms with Crippen LogP contribution in [-0.4, -0.2) is 57.3 Å². The average molecular weight is 518 g/mol. The molecule has 0 amide bonds. The van der Waals surface area contributed by atoms with Crippen LogP contribution < -0.4 is 22.3 Å². The third kappa shape index (κ3) is 6.23. The maximum Gasteiger partial charge on any atom is 0.332 e. The lowest BCUT2D eigenvalue weighted by Crippen LogP contribution is -2.41. The van der Waals surface area contributed by atoms with Crippen LogP contribution in [-0.2, 0) is 32.5 Å². The first kappa shape index (κ1) is 27.3. The first-order chi connectivity index (χ1) is 18.4. The number of hydrogen-bond donors (Lipinski definition) is 2. The molecule has 0 aliphatic heterocycles. The third-order valence-corrected chi connectivity index (χ3v) is 6.81. The molecule has 2 aromatic carbocycles. The molecule has 9 nitrogen and oxygen atoms in total. The number of nitrogens with two attached hydrogens (primary N) is 1. The van der Waals surface area contributed by atoms with E-state index in [9.17, 15) is 9.59 Å². The van der Waals surface area contributed by atoms with Crippen LogP contribution in [0.25, 0.3) is 11.2 Å². The summed E-state index contributed by atoms with van der Waals surface area (Å²) in [5, 5.41) is 3.36. The third-order valence-electron chi connectivity index (χ3n) is 6.81. The number of nitrogens with zero attached hydrogens (tertiary/aromatic N) is 5. The zero-order valence-corrected chi connectivity index (χ0v) is 22.7. The minimum absolute atomic E-state index is 0.275. The maximum absolute atomic E-state index is 13.9. The van der Waals surface area contributed by atoms with Crippen molar-refractivity contribution >= 4 is 16.9 Å². The first-order valence-corrected chi connectivity index (χ1v) is 13.4. The van der Waals surface area contributed by atoms with E-state index in [-0.39, 0.29) is 11.2 Å². The van der Waals surface area contributed by atoms with E-state index >= 15 is 0 Å². The zero-order valence-electron chi connectivity index (χ0n) is 22.7. The molecule has 2 aromatic heterocycles. The Morgan fingerprint density at radius 2 is 1.66 bits per heavy atom. The molecule has 0 radical (unpaired) electrons. The molecule has 3 N–H and O–H groups in total. The van der Waals surface area contributed by atoms with Gasteiger partial charge in [0.2, 0.25) is 0 Å². The normalized spacial score (nSPS) is 11.6. The summed E-state index contributed by atoms with van der Waals surface area (Å²) in [5.41, 5.74) is 9.29. The summed E-state index contributed by atoms with van der Waals surface area (Å²) in [6.07, 6.45) is 1.83. The predicted molar refractivity (Wildman–Crippen MR) is 154 cm³/mol. The number of hydrogen-bond acceptors (Lipinski definition) is 6. The topological polar surface area (TPSA) is 103 Å². The summed E-state index contributed by atoms with van der Waals surface area (Å²) >= 11 is 0. The molecule has 4 aromatic rings. The van der Waals surface area contributed by atoms with Gasteiger partial charge in [-0.15, -0.1) is 0 Å². The van der Waals surface area contributed by atoms with Gasteiger partial charge in [0.25, 0.3) is 5.56 Å². The Hall–Kier alpha value is -3.69. The number of aryl methyl sites for hydroxylation is 2. The van der Waals surface area contributed by atoms with Gasteiger partial charge in [0.1, 0.15) is 5.82 Å². The lowest BCUT2D eigenvalue weighted by Gasteiger charge is -2.15. The molecule has 0 spiro atoms. The van der Waals surface area contributed by atoms with Crippen LogP contribution in [0.2, 0.25) is 0 Å². The molecule has 202 valence electrons. The fourth-order valence-corrected chi connectivity index (χ4v) is 4.80. The summed E-state index contributed by atoms with van der Waals surface area (Å²) in [6, 6.07) is 17.8. The van der Waals surface area contributed by atoms with E-state index in [1.165, 1.54) is 4.57 Å². The van der Waals surface area contributed by atoms with Gasteiger partial charge >= 0.3 is 5.69 Å². The second-order valence-corrected chi connectivity index (χ2v) is 9.86. The monoisotopic (exact) mass is 517 g/mol. The van der Waals surface area contributed by atoms with Crippen LogP contribution in [0.4, 0.5) is 5.69 Å². The van der Waals surface area contributed by atoms with Crippen LogP contribution >= 0.6 is 0 Å². The van der Waals surface area contributed by atoms with E-state index in [4.69, 9.17) is 10.7 Å². The van der Waals surface area contributed by atoms with Crippen LogP contribution in [0.15, 0.2) is 64.2 Å². The van der Waals surface area contributed by atoms with E-state index in [1.807, 2.05) is 61.1 Å². The average Bonchev–Trinajstić information content (AvgIpc) is 3.25. The van der Waals surface area contributed by atoms with Gasteiger partial charge in [0, 0.05) is 38.3 Å². The van der Waals surface area contributed by atoms with Crippen molar-refractivity contribution in [2.45, 2.75) is 45.8 Å². The summed E-state index contributed by atoms with van der Waals surface area (Å²) in [7, 11) is 3.97. The summed E-state index contributed by atoms with van der Waals surface area (Å²) in [6.45, 7) is 5.69. The Morgan fingerprint density at radius 1 is 0.921 bits per heavy atom. The summed E-state index contributed by atoms with van der Waals surface area (Å²) in [5.74, 6) is 0.777. The number of nitrogen functional groups attached to an aromatic ring is 1. The lowest BCUT2D eigenvalue weighted by atomic mass is 10.1. The van der Waals surface area contributed by atoms with E-state index in [0.29, 0.717) is 62.3 Å². The minimum Gasteiger partial charge on any atom is -0.399 e. The fraction of sp³-hybridized carbons (Fsp3) is 0.414. The van der Waals surface area contributed by atoms with Gasteiger partial charge < -0.3 is 20.5 Å². The number of imidazole rings is 1. The lowest BCUT2D eigenvalue weighted by molar-refractivity contribution is 0.380. The second kappa shape index (κ2) is 12.7. The summed E-state index contributed by atoms with van der Waals surface area (Å²) in [4.78, 5) is 34.6. The smallest absolute Gasteiger partial charge is 0.332 e. The van der Waals surface area contributed by atoms with Crippen LogP contribution in [0.3, 0.4) is 0 Å². The highest BCUT2D eigenvalue weighted by Crippen LogP contribution is 2.17. The van der Waals surface area contributed by atoms with Crippen molar-refractivity contribution in [2.75, 3.05) is 39.5 Å². The number of anilines is 1. The van der Waals surface area contributed by atoms with Gasteiger partial charge in [-0.3, -0.25) is 13.9 Å². The molecule has 0 aliphatic rings. The van der Waals surface area contributed by atoms with Gasteiger partial charge in [-0.2, -0.15) is 0 Å². The number of fused-ring (bicyclic) bond motifs is 1. The minimum atomic E-state index is -0.321. The molecule has 0 aliphatic carbocycles. The van der Waals surface area contributed by atoms with E-state index in [0.717, 1.165) is 30.0 Å². The van der Waals surface area contributed by atoms with Gasteiger partial charge in [0.15, 0.2) is 11.2 Å². The molecule has 0 bridgehead atoms. The van der Waals surface area contributed by atoms with Gasteiger partial charge in [-0.25, -0.2) is 9.78 Å². The zero-order chi connectivity index (χ0) is 27.1. The van der Waals surface area contributed by atoms with Gasteiger partial charge in [0.05, 0.1) is 0 Å². The fourth-order valence-electron chi connectivity index (χ4n) is 4.80. The highest BCUT2D eigenvalue weighted by molar-refractivity contribution is 5.71. The molecule has 0 unspecified atom stereocenters. The Morgan fingerprint density at radius 3 is 2.37 bits per heavy atom. The Bertz CT molecular complexity index is 1470. The van der Waals surface area contributed by atoms with E-state index in [2.05, 4.69) is 29.3 Å². The van der Waals surface area contributed by atoms with Crippen molar-refractivity contribution in [1.29, 1.82) is 0 Å². The van der Waals surface area contributed by atoms with Crippen molar-refractivity contribution in [2.24, 2.45) is 0 Å². The molecule has 4 rings (SSSR count). The Labute approximate surface area is 223 Å². The highest BCUT2D eigenvalue weighted by atomic mass is 16.2. The molecular weight excluding hydrogens is 478 g/mol. The molecule has 2 heterocycles. The predicted octanol–water partition coefficient (Wildman–Crippen LogP) is 2.34. The van der Waals surface area contributed by atoms with Gasteiger partial charge in [-0.05, 0) is 57.2 Å². The molecule has 0 saturated heterocycles. The summed E-state index contributed by atoms with van der Waals surface area (Å²) < 4.78 is 5.05. The SMILES string of the molecule is CCNCCn1c(Cc2ccccc2)nc2c1c(=O)n(CCCN(C)C)c(=O)n2CCc1ccccc1N. The Balaban J connectivity index is 1.86. The molecule has 0 atom stereocenters. The molecule has 38 heavy (non-hydrogen) atoms. The number of benzene rings is 2. The van der Waals surface area contributed by atoms with Crippen molar-refractivity contribution in [3.05, 3.63) is 92.4 Å². The van der Waals surface area contributed by atoms with Gasteiger partial charge in [-0.1, -0.05) is 55.5 Å². The number of likely N-dealkylation sites (N-methyl/N-ethyl adjacent to an activating group) is 1. The van der Waals surface area contributed by atoms with Crippen molar-refractivity contribution in [3.63, 3.8) is 0 Å². The quantitative estimate of drug-likeness (QED) is 0.208. The van der Waals surface area contributed by atoms with Crippen LogP contribution in [0.5, 0.6) is 0 Å². The molecule has 9 heteroatoms. The standard InChI is InChI=1S/C29H39N7O2/c1-4-31-16-20-34-25(21-22-11-6-5-7-12-22)32-27-26(34)28(37)36(18-10-17-33(2)3)29(38)35(27)19-15-23-13-8-9-14-24(23)30/h5-9,11-14,31H,4,10,15-21,30H2,1-3H3. The molecule has 0 saturated carbocycles. The van der Waals surface area contributed by atoms with Crippen molar-refractivity contribution in [3.8, 4) is 0 Å². The van der Waals surface area contributed by atoms with Crippen LogP contribution in [0, 0.1) is 0 Å². The highest BCUT2D eigenvalue weighted by Gasteiger charge is 2.22. The van der Waals surface area contributed by atoms with E-state index < -0.39 is 0 Å². The van der Waals surface area contributed by atoms with Crippen molar-refractivity contribution < 1.29 is 0 Å². The molecule has 0 fully saturated rings. The number of aromatic nitrogens is 4.